The van der Waals surface area contributed by atoms with Crippen molar-refractivity contribution in [3.63, 3.8) is 0 Å². The van der Waals surface area contributed by atoms with Gasteiger partial charge >= 0.3 is 0 Å². The number of amides is 1. The van der Waals surface area contributed by atoms with Crippen molar-refractivity contribution in [1.29, 1.82) is 0 Å². The van der Waals surface area contributed by atoms with Crippen molar-refractivity contribution in [3.8, 4) is 0 Å². The first kappa shape index (κ1) is 25.0. The number of hydrogen-bond donors (Lipinski definition) is 1. The molecule has 1 N–H and O–H groups in total. The Morgan fingerprint density at radius 2 is 2.00 bits per heavy atom. The van der Waals surface area contributed by atoms with E-state index >= 15 is 0 Å². The van der Waals surface area contributed by atoms with E-state index < -0.39 is 0 Å². The highest BCUT2D eigenvalue weighted by atomic mass is 16.3. The summed E-state index contributed by atoms with van der Waals surface area (Å²) in [6, 6.07) is 5.88. The van der Waals surface area contributed by atoms with Crippen molar-refractivity contribution >= 4 is 5.91 Å². The first-order valence-corrected chi connectivity index (χ1v) is 14.2. The van der Waals surface area contributed by atoms with Gasteiger partial charge in [0.15, 0.2) is 0 Å². The molecule has 4 heteroatoms. The Kier molecular flexibility index (Phi) is 6.89. The molecule has 4 nitrogen and oxygen atoms in total. The fourth-order valence-corrected chi connectivity index (χ4v) is 9.18. The van der Waals surface area contributed by atoms with E-state index in [4.69, 9.17) is 0 Å². The average molecular weight is 479 g/mol. The molecule has 0 bridgehead atoms. The Balaban J connectivity index is 1.21. The molecule has 4 aliphatic rings. The summed E-state index contributed by atoms with van der Waals surface area (Å²) in [6.07, 6.45) is 15.5. The third-order valence-electron chi connectivity index (χ3n) is 11.2. The maximum Gasteiger partial charge on any atom is 0.222 e. The summed E-state index contributed by atoms with van der Waals surface area (Å²) in [7, 11) is 1.91. The highest BCUT2D eigenvalue weighted by Gasteiger charge is 2.59. The minimum atomic E-state index is -0.123. The lowest BCUT2D eigenvalue weighted by atomic mass is 9.47. The van der Waals surface area contributed by atoms with Crippen molar-refractivity contribution < 1.29 is 9.90 Å². The van der Waals surface area contributed by atoms with E-state index in [2.05, 4.69) is 31.8 Å². The van der Waals surface area contributed by atoms with Gasteiger partial charge in [-0.15, -0.1) is 0 Å². The van der Waals surface area contributed by atoms with Gasteiger partial charge in [0.25, 0.3) is 0 Å². The van der Waals surface area contributed by atoms with Crippen LogP contribution in [-0.2, 0) is 11.3 Å². The quantitative estimate of drug-likeness (QED) is 0.482. The molecule has 5 rings (SSSR count). The van der Waals surface area contributed by atoms with Gasteiger partial charge in [0.2, 0.25) is 5.91 Å². The molecule has 1 aromatic rings. The monoisotopic (exact) mass is 478 g/mol. The Labute approximate surface area is 212 Å². The molecule has 35 heavy (non-hydrogen) atoms. The first-order chi connectivity index (χ1) is 16.7. The molecule has 0 aromatic carbocycles. The van der Waals surface area contributed by atoms with E-state index in [1.807, 2.05) is 30.1 Å². The van der Waals surface area contributed by atoms with Crippen molar-refractivity contribution in [2.24, 2.45) is 40.4 Å². The third kappa shape index (κ3) is 4.49. The Morgan fingerprint density at radius 1 is 1.17 bits per heavy atom. The number of rotatable bonds is 6. The molecule has 0 unspecified atom stereocenters. The van der Waals surface area contributed by atoms with Crippen LogP contribution < -0.4 is 0 Å². The van der Waals surface area contributed by atoms with Crippen LogP contribution in [0.4, 0.5) is 0 Å². The van der Waals surface area contributed by atoms with E-state index in [9.17, 15) is 9.90 Å². The first-order valence-electron chi connectivity index (χ1n) is 14.2. The van der Waals surface area contributed by atoms with Gasteiger partial charge in [-0.05, 0) is 110 Å². The second-order valence-electron chi connectivity index (χ2n) is 13.0. The highest BCUT2D eigenvalue weighted by Crippen LogP contribution is 2.67. The number of nitrogens with zero attached hydrogens (tertiary/aromatic N) is 2. The number of pyridine rings is 1. The molecule has 1 heterocycles. The van der Waals surface area contributed by atoms with E-state index in [0.717, 1.165) is 48.6 Å². The van der Waals surface area contributed by atoms with Crippen molar-refractivity contribution in [1.82, 2.24) is 9.88 Å². The van der Waals surface area contributed by atoms with E-state index in [0.29, 0.717) is 29.7 Å². The molecule has 3 fully saturated rings. The SMILES string of the molecule is C[C@H](CCC(=O)N(C)Cc1ccccn1)[C@H]1CC[C@H]2[C@@H]3CC=C4C[C@@H](O)CC[C@]4(C)[C@H]3CC[C@]12C. The zero-order valence-corrected chi connectivity index (χ0v) is 22.4. The molecule has 4 aliphatic carbocycles. The summed E-state index contributed by atoms with van der Waals surface area (Å²) in [5.74, 6) is 3.98. The maximum atomic E-state index is 12.9. The van der Waals surface area contributed by atoms with Crippen LogP contribution in [0.25, 0.3) is 0 Å². The van der Waals surface area contributed by atoms with Crippen molar-refractivity contribution in [2.45, 2.75) is 97.6 Å². The predicted octanol–water partition coefficient (Wildman–Crippen LogP) is 6.40. The number of allylic oxidation sites excluding steroid dienone is 1. The highest BCUT2D eigenvalue weighted by molar-refractivity contribution is 5.75. The number of fused-ring (bicyclic) bond motifs is 5. The molecular weight excluding hydrogens is 432 g/mol. The van der Waals surface area contributed by atoms with E-state index in [1.165, 1.54) is 38.5 Å². The summed E-state index contributed by atoms with van der Waals surface area (Å²) in [4.78, 5) is 19.1. The molecule has 0 radical (unpaired) electrons. The second-order valence-corrected chi connectivity index (χ2v) is 13.0. The molecule has 192 valence electrons. The topological polar surface area (TPSA) is 53.4 Å². The summed E-state index contributed by atoms with van der Waals surface area (Å²) < 4.78 is 0. The van der Waals surface area contributed by atoms with Gasteiger partial charge in [-0.2, -0.15) is 0 Å². The molecule has 0 aliphatic heterocycles. The van der Waals surface area contributed by atoms with Crippen LogP contribution in [0.5, 0.6) is 0 Å². The summed E-state index contributed by atoms with van der Waals surface area (Å²) in [5.41, 5.74) is 3.25. The van der Waals surface area contributed by atoms with Crippen molar-refractivity contribution in [3.05, 3.63) is 41.7 Å². The number of aliphatic hydroxyl groups is 1. The Bertz CT molecular complexity index is 945. The number of aromatic nitrogens is 1. The minimum Gasteiger partial charge on any atom is -0.393 e. The zero-order valence-electron chi connectivity index (χ0n) is 22.4. The van der Waals surface area contributed by atoms with Gasteiger partial charge in [0.05, 0.1) is 18.3 Å². The number of carbonyl (C=O) groups excluding carboxylic acids is 1. The molecule has 0 spiro atoms. The predicted molar refractivity (Wildman–Crippen MR) is 140 cm³/mol. The maximum absolute atomic E-state index is 12.9. The van der Waals surface area contributed by atoms with Crippen LogP contribution in [0.2, 0.25) is 0 Å². The van der Waals surface area contributed by atoms with Crippen LogP contribution >= 0.6 is 0 Å². The van der Waals surface area contributed by atoms with Crippen LogP contribution in [0.1, 0.15) is 90.7 Å². The van der Waals surface area contributed by atoms with E-state index in [1.54, 1.807) is 11.8 Å². The zero-order chi connectivity index (χ0) is 24.8. The number of hydrogen-bond acceptors (Lipinski definition) is 3. The molecular formula is C31H46N2O2. The average Bonchev–Trinajstić information content (AvgIpc) is 3.20. The molecule has 8 atom stereocenters. The lowest BCUT2D eigenvalue weighted by molar-refractivity contribution is -0.131. The third-order valence-corrected chi connectivity index (χ3v) is 11.2. The van der Waals surface area contributed by atoms with Gasteiger partial charge in [0, 0.05) is 19.7 Å². The fourth-order valence-electron chi connectivity index (χ4n) is 9.18. The lowest BCUT2D eigenvalue weighted by Crippen LogP contribution is -2.50. The van der Waals surface area contributed by atoms with Crippen LogP contribution in [0.3, 0.4) is 0 Å². The molecule has 1 aromatic heterocycles. The van der Waals surface area contributed by atoms with Gasteiger partial charge < -0.3 is 10.0 Å². The summed E-state index contributed by atoms with van der Waals surface area (Å²) in [5, 5.41) is 10.3. The molecule has 1 amide bonds. The fraction of sp³-hybridized carbons (Fsp3) is 0.742. The normalized spacial score (nSPS) is 39.1. The van der Waals surface area contributed by atoms with Crippen LogP contribution in [0.15, 0.2) is 36.0 Å². The minimum absolute atomic E-state index is 0.123. The summed E-state index contributed by atoms with van der Waals surface area (Å²) >= 11 is 0. The Morgan fingerprint density at radius 3 is 2.77 bits per heavy atom. The number of carbonyl (C=O) groups is 1. The van der Waals surface area contributed by atoms with Crippen LogP contribution in [0, 0.1) is 40.4 Å². The van der Waals surface area contributed by atoms with Gasteiger partial charge in [-0.25, -0.2) is 0 Å². The van der Waals surface area contributed by atoms with Crippen LogP contribution in [-0.4, -0.2) is 34.0 Å². The standard InChI is InChI=1S/C31H46N2O2/c1-21(8-13-29(35)33(4)20-23-7-5-6-18-32-23)26-11-12-27-25-10-9-22-19-24(34)14-16-30(22,2)28(25)15-17-31(26,27)3/h5-7,9,18,21,24-28,34H,8,10-17,19-20H2,1-4H3/t21-,24+,25+,26-,27+,28+,30+,31-/m1/s1. The number of aliphatic hydroxyl groups excluding tert-OH is 1. The van der Waals surface area contributed by atoms with Gasteiger partial charge in [0.1, 0.15) is 0 Å². The lowest BCUT2D eigenvalue weighted by Gasteiger charge is -2.58. The van der Waals surface area contributed by atoms with Gasteiger partial charge in [-0.3, -0.25) is 9.78 Å². The van der Waals surface area contributed by atoms with E-state index in [-0.39, 0.29) is 12.0 Å². The molecule has 0 saturated heterocycles. The van der Waals surface area contributed by atoms with Crippen molar-refractivity contribution in [2.75, 3.05) is 7.05 Å². The second kappa shape index (κ2) is 9.65. The molecule has 3 saturated carbocycles. The Hall–Kier alpha value is -1.68. The largest absolute Gasteiger partial charge is 0.393 e. The smallest absolute Gasteiger partial charge is 0.222 e. The van der Waals surface area contributed by atoms with Gasteiger partial charge in [-0.1, -0.05) is 38.5 Å². The summed E-state index contributed by atoms with van der Waals surface area (Å²) in [6.45, 7) is 8.13.